The summed E-state index contributed by atoms with van der Waals surface area (Å²) in [6.45, 7) is 1.63. The summed E-state index contributed by atoms with van der Waals surface area (Å²) in [6.07, 6.45) is -9.14. The molecule has 2 heterocycles. The molecule has 160 valence electrons. The van der Waals surface area contributed by atoms with E-state index in [1.54, 1.807) is 6.92 Å². The average molecular weight is 431 g/mol. The fourth-order valence-electron chi connectivity index (χ4n) is 2.77. The van der Waals surface area contributed by atoms with E-state index in [0.29, 0.717) is 22.0 Å². The minimum absolute atomic E-state index is 0.00737. The third-order valence-electron chi connectivity index (χ3n) is 4.21. The second-order valence-corrected chi connectivity index (χ2v) is 6.52. The van der Waals surface area contributed by atoms with Crippen molar-refractivity contribution in [1.29, 1.82) is 0 Å². The molecule has 0 bridgehead atoms. The summed E-state index contributed by atoms with van der Waals surface area (Å²) < 4.78 is 79.0. The van der Waals surface area contributed by atoms with E-state index in [4.69, 9.17) is 0 Å². The topological polar surface area (TPSA) is 64.7 Å². The molecule has 1 amide bonds. The maximum atomic E-state index is 12.9. The van der Waals surface area contributed by atoms with Crippen LogP contribution in [-0.2, 0) is 25.9 Å². The number of alkyl halides is 6. The van der Waals surface area contributed by atoms with E-state index in [1.807, 2.05) is 0 Å². The number of anilines is 1. The molecule has 30 heavy (non-hydrogen) atoms. The minimum atomic E-state index is -4.66. The summed E-state index contributed by atoms with van der Waals surface area (Å²) in [5.74, 6) is -0.867. The fourth-order valence-corrected chi connectivity index (χ4v) is 2.77. The van der Waals surface area contributed by atoms with Crippen molar-refractivity contribution in [2.24, 2.45) is 7.05 Å². The maximum absolute atomic E-state index is 12.9. The Morgan fingerprint density at radius 2 is 1.73 bits per heavy atom. The van der Waals surface area contributed by atoms with Crippen LogP contribution in [0.15, 0.2) is 36.4 Å². The Morgan fingerprint density at radius 1 is 1.03 bits per heavy atom. The average Bonchev–Trinajstić information content (AvgIpc) is 3.17. The maximum Gasteiger partial charge on any atom is 0.433 e. The van der Waals surface area contributed by atoms with Crippen LogP contribution in [0, 0.1) is 6.92 Å². The molecule has 0 spiro atoms. The Balaban J connectivity index is 1.76. The SMILES string of the molecule is Cc1cc(NC(=O)c2cc(C(F)(F)F)n(C)n2)nn1Cc1cccc(C(F)(F)F)c1. The highest BCUT2D eigenvalue weighted by molar-refractivity contribution is 6.02. The van der Waals surface area contributed by atoms with Crippen molar-refractivity contribution in [2.75, 3.05) is 5.32 Å². The van der Waals surface area contributed by atoms with Crippen LogP contribution in [0.3, 0.4) is 0 Å². The van der Waals surface area contributed by atoms with Gasteiger partial charge in [0.1, 0.15) is 5.69 Å². The van der Waals surface area contributed by atoms with Crippen LogP contribution in [0.25, 0.3) is 0 Å². The molecule has 6 nitrogen and oxygen atoms in total. The summed E-state index contributed by atoms with van der Waals surface area (Å²) >= 11 is 0. The van der Waals surface area contributed by atoms with Gasteiger partial charge in [0.15, 0.2) is 11.5 Å². The zero-order valence-electron chi connectivity index (χ0n) is 15.6. The lowest BCUT2D eigenvalue weighted by molar-refractivity contribution is -0.143. The minimum Gasteiger partial charge on any atom is -0.304 e. The number of benzene rings is 1. The highest BCUT2D eigenvalue weighted by Crippen LogP contribution is 2.30. The van der Waals surface area contributed by atoms with Gasteiger partial charge in [-0.3, -0.25) is 14.2 Å². The number of aryl methyl sites for hydroxylation is 2. The third-order valence-corrected chi connectivity index (χ3v) is 4.21. The molecule has 0 fully saturated rings. The molecule has 0 saturated heterocycles. The molecular weight excluding hydrogens is 416 g/mol. The van der Waals surface area contributed by atoms with E-state index in [9.17, 15) is 31.1 Å². The van der Waals surface area contributed by atoms with E-state index in [-0.39, 0.29) is 12.4 Å². The predicted molar refractivity (Wildman–Crippen MR) is 93.7 cm³/mol. The van der Waals surface area contributed by atoms with Gasteiger partial charge in [-0.05, 0) is 24.6 Å². The summed E-state index contributed by atoms with van der Waals surface area (Å²) in [5, 5.41) is 9.97. The standard InChI is InChI=1S/C18H15F6N5O/c1-10-6-15(25-16(30)13-8-14(18(22,23)24)28(2)26-13)27-29(10)9-11-4-3-5-12(7-11)17(19,20)21/h3-8H,9H2,1-2H3,(H,25,27,30). The first-order valence-corrected chi connectivity index (χ1v) is 8.48. The normalized spacial score (nSPS) is 12.3. The molecule has 0 aliphatic rings. The van der Waals surface area contributed by atoms with E-state index in [1.165, 1.54) is 22.9 Å². The first kappa shape index (κ1) is 21.4. The van der Waals surface area contributed by atoms with Crippen LogP contribution < -0.4 is 5.32 Å². The molecule has 0 atom stereocenters. The number of hydrogen-bond acceptors (Lipinski definition) is 3. The zero-order chi connectivity index (χ0) is 22.3. The molecule has 3 rings (SSSR count). The molecular formula is C18H15F6N5O. The van der Waals surface area contributed by atoms with Crippen LogP contribution in [0.4, 0.5) is 32.2 Å². The lowest BCUT2D eigenvalue weighted by Crippen LogP contribution is -2.14. The highest BCUT2D eigenvalue weighted by atomic mass is 19.4. The summed E-state index contributed by atoms with van der Waals surface area (Å²) in [6, 6.07) is 6.78. The number of nitrogens with one attached hydrogen (secondary N) is 1. The first-order chi connectivity index (χ1) is 13.8. The van der Waals surface area contributed by atoms with Crippen molar-refractivity contribution >= 4 is 11.7 Å². The van der Waals surface area contributed by atoms with Crippen molar-refractivity contribution in [2.45, 2.75) is 25.8 Å². The van der Waals surface area contributed by atoms with Crippen molar-refractivity contribution in [1.82, 2.24) is 19.6 Å². The molecule has 1 aromatic carbocycles. The smallest absolute Gasteiger partial charge is 0.304 e. The predicted octanol–water partition coefficient (Wildman–Crippen LogP) is 4.26. The Labute approximate surface area is 166 Å². The van der Waals surface area contributed by atoms with Gasteiger partial charge in [0.05, 0.1) is 12.1 Å². The molecule has 0 unspecified atom stereocenters. The number of amides is 1. The monoisotopic (exact) mass is 431 g/mol. The number of rotatable bonds is 4. The molecule has 0 saturated carbocycles. The van der Waals surface area contributed by atoms with E-state index < -0.39 is 35.2 Å². The quantitative estimate of drug-likeness (QED) is 0.628. The van der Waals surface area contributed by atoms with Crippen LogP contribution in [0.1, 0.15) is 33.0 Å². The van der Waals surface area contributed by atoms with Crippen LogP contribution in [0.2, 0.25) is 0 Å². The molecule has 3 aromatic rings. The highest BCUT2D eigenvalue weighted by Gasteiger charge is 2.36. The van der Waals surface area contributed by atoms with E-state index in [2.05, 4.69) is 15.5 Å². The largest absolute Gasteiger partial charge is 0.433 e. The Hall–Kier alpha value is -3.31. The molecule has 0 aliphatic heterocycles. The second-order valence-electron chi connectivity index (χ2n) is 6.52. The third kappa shape index (κ3) is 4.63. The fraction of sp³-hybridized carbons (Fsp3) is 0.278. The molecule has 0 radical (unpaired) electrons. The van der Waals surface area contributed by atoms with E-state index in [0.717, 1.165) is 19.2 Å². The first-order valence-electron chi connectivity index (χ1n) is 8.48. The van der Waals surface area contributed by atoms with Crippen LogP contribution in [-0.4, -0.2) is 25.5 Å². The van der Waals surface area contributed by atoms with Gasteiger partial charge in [-0.25, -0.2) is 0 Å². The Bertz CT molecular complexity index is 1080. The number of carbonyl (C=O) groups excluding carboxylic acids is 1. The van der Waals surface area contributed by atoms with Gasteiger partial charge in [-0.15, -0.1) is 0 Å². The number of hydrogen-bond donors (Lipinski definition) is 1. The van der Waals surface area contributed by atoms with E-state index >= 15 is 0 Å². The number of carbonyl (C=O) groups is 1. The Kier molecular flexibility index (Phi) is 5.35. The van der Waals surface area contributed by atoms with Gasteiger partial charge >= 0.3 is 12.4 Å². The van der Waals surface area contributed by atoms with Gasteiger partial charge in [-0.2, -0.15) is 36.5 Å². The number of halogens is 6. The van der Waals surface area contributed by atoms with Gasteiger partial charge in [0.25, 0.3) is 5.91 Å². The number of aromatic nitrogens is 4. The molecule has 1 N–H and O–H groups in total. The van der Waals surface area contributed by atoms with Gasteiger partial charge in [-0.1, -0.05) is 12.1 Å². The van der Waals surface area contributed by atoms with Crippen molar-refractivity contribution in [3.8, 4) is 0 Å². The van der Waals surface area contributed by atoms with Crippen LogP contribution in [0.5, 0.6) is 0 Å². The lowest BCUT2D eigenvalue weighted by Gasteiger charge is -2.09. The molecule has 0 aliphatic carbocycles. The van der Waals surface area contributed by atoms with Crippen LogP contribution >= 0.6 is 0 Å². The summed E-state index contributed by atoms with van der Waals surface area (Å²) in [5.41, 5.74) is -1.46. The second kappa shape index (κ2) is 7.50. The van der Waals surface area contributed by atoms with Crippen molar-refractivity contribution in [3.63, 3.8) is 0 Å². The van der Waals surface area contributed by atoms with Gasteiger partial charge < -0.3 is 5.32 Å². The van der Waals surface area contributed by atoms with Gasteiger partial charge in [0, 0.05) is 24.9 Å². The lowest BCUT2D eigenvalue weighted by atomic mass is 10.1. The Morgan fingerprint density at radius 3 is 2.33 bits per heavy atom. The summed E-state index contributed by atoms with van der Waals surface area (Å²) in [4.78, 5) is 12.2. The number of nitrogens with zero attached hydrogens (tertiary/aromatic N) is 4. The summed E-state index contributed by atoms with van der Waals surface area (Å²) in [7, 11) is 1.06. The van der Waals surface area contributed by atoms with Gasteiger partial charge in [0.2, 0.25) is 0 Å². The van der Waals surface area contributed by atoms with Crippen molar-refractivity contribution < 1.29 is 31.1 Å². The molecule has 12 heteroatoms. The zero-order valence-corrected chi connectivity index (χ0v) is 15.6. The molecule has 2 aromatic heterocycles. The van der Waals surface area contributed by atoms with Crippen molar-refractivity contribution in [3.05, 3.63) is 64.6 Å².